The van der Waals surface area contributed by atoms with Gasteiger partial charge in [-0.25, -0.2) is 5.10 Å². The quantitative estimate of drug-likeness (QED) is 0.413. The van der Waals surface area contributed by atoms with Gasteiger partial charge >= 0.3 is 6.61 Å². The van der Waals surface area contributed by atoms with E-state index in [1.807, 2.05) is 30.3 Å². The lowest BCUT2D eigenvalue weighted by Crippen LogP contribution is -2.08. The molecule has 2 heterocycles. The van der Waals surface area contributed by atoms with Crippen LogP contribution in [0.25, 0.3) is 22.2 Å². The van der Waals surface area contributed by atoms with Crippen molar-refractivity contribution in [3.05, 3.63) is 76.2 Å². The maximum absolute atomic E-state index is 12.9. The third-order valence-electron chi connectivity index (χ3n) is 5.49. The Balaban J connectivity index is 1.58. The highest BCUT2D eigenvalue weighted by molar-refractivity contribution is 5.90. The topological polar surface area (TPSA) is 80.0 Å². The summed E-state index contributed by atoms with van der Waals surface area (Å²) in [4.78, 5) is 15.9. The second-order valence-electron chi connectivity index (χ2n) is 7.81. The monoisotopic (exact) mass is 437 g/mol. The third kappa shape index (κ3) is 4.21. The Labute approximate surface area is 182 Å². The number of hydrogen-bond donors (Lipinski definition) is 2. The maximum atomic E-state index is 12.9. The summed E-state index contributed by atoms with van der Waals surface area (Å²) >= 11 is 0. The van der Waals surface area contributed by atoms with Crippen LogP contribution in [-0.2, 0) is 12.8 Å². The van der Waals surface area contributed by atoms with E-state index in [9.17, 15) is 13.6 Å². The Morgan fingerprint density at radius 2 is 1.88 bits per heavy atom. The number of hydrogen-bond acceptors (Lipinski definition) is 4. The molecule has 0 unspecified atom stereocenters. The van der Waals surface area contributed by atoms with E-state index < -0.39 is 6.61 Å². The van der Waals surface area contributed by atoms with E-state index in [2.05, 4.69) is 19.9 Å². The summed E-state index contributed by atoms with van der Waals surface area (Å²) < 4.78 is 36.2. The molecule has 0 radical (unpaired) electrons. The van der Waals surface area contributed by atoms with E-state index in [1.54, 1.807) is 18.3 Å². The fourth-order valence-electron chi connectivity index (χ4n) is 3.85. The minimum Gasteiger partial charge on any atom is -0.487 e. The predicted octanol–water partition coefficient (Wildman–Crippen LogP) is 4.85. The van der Waals surface area contributed by atoms with Gasteiger partial charge in [0.2, 0.25) is 0 Å². The Hall–Kier alpha value is -3.68. The summed E-state index contributed by atoms with van der Waals surface area (Å²) in [5, 5.41) is 6.94. The lowest BCUT2D eigenvalue weighted by atomic mass is 9.99. The molecule has 6 nitrogen and oxygen atoms in total. The summed E-state index contributed by atoms with van der Waals surface area (Å²) in [5.74, 6) is 0.266. The van der Waals surface area contributed by atoms with Gasteiger partial charge in [-0.3, -0.25) is 4.79 Å². The first-order valence-corrected chi connectivity index (χ1v) is 10.5. The Bertz CT molecular complexity index is 1300. The van der Waals surface area contributed by atoms with Crippen LogP contribution in [0.3, 0.4) is 0 Å². The van der Waals surface area contributed by atoms with Crippen LogP contribution in [0.4, 0.5) is 8.78 Å². The zero-order valence-corrected chi connectivity index (χ0v) is 17.1. The van der Waals surface area contributed by atoms with Gasteiger partial charge in [-0.2, -0.15) is 13.9 Å². The minimum absolute atomic E-state index is 0.00268. The van der Waals surface area contributed by atoms with Gasteiger partial charge in [-0.05, 0) is 55.0 Å². The smallest absolute Gasteiger partial charge is 0.387 e. The number of alkyl halides is 2. The van der Waals surface area contributed by atoms with Crippen LogP contribution in [0, 0.1) is 0 Å². The number of halogens is 2. The van der Waals surface area contributed by atoms with Crippen LogP contribution >= 0.6 is 0 Å². The van der Waals surface area contributed by atoms with Crippen molar-refractivity contribution in [2.45, 2.75) is 38.4 Å². The second kappa shape index (κ2) is 8.45. The fourth-order valence-corrected chi connectivity index (χ4v) is 3.85. The zero-order chi connectivity index (χ0) is 22.1. The summed E-state index contributed by atoms with van der Waals surface area (Å²) in [6, 6.07) is 14.9. The van der Waals surface area contributed by atoms with E-state index in [0.717, 1.165) is 41.6 Å². The lowest BCUT2D eigenvalue weighted by molar-refractivity contribution is -0.0516. The number of aromatic nitrogens is 3. The third-order valence-corrected chi connectivity index (χ3v) is 5.49. The molecule has 8 heteroatoms. The Morgan fingerprint density at radius 3 is 2.62 bits per heavy atom. The number of benzene rings is 2. The molecule has 1 aliphatic carbocycles. The molecule has 164 valence electrons. The Morgan fingerprint density at radius 1 is 1.06 bits per heavy atom. The van der Waals surface area contributed by atoms with E-state index in [1.165, 1.54) is 6.07 Å². The molecule has 4 aromatic rings. The van der Waals surface area contributed by atoms with Gasteiger partial charge in [0.05, 0.1) is 28.9 Å². The highest BCUT2D eigenvalue weighted by Crippen LogP contribution is 2.39. The van der Waals surface area contributed by atoms with Crippen molar-refractivity contribution >= 4 is 10.9 Å². The molecule has 5 rings (SSSR count). The van der Waals surface area contributed by atoms with E-state index >= 15 is 0 Å². The second-order valence-corrected chi connectivity index (χ2v) is 7.81. The molecular weight excluding hydrogens is 416 g/mol. The van der Waals surface area contributed by atoms with Crippen LogP contribution in [0.15, 0.2) is 59.5 Å². The molecule has 2 aromatic carbocycles. The first-order valence-electron chi connectivity index (χ1n) is 10.5. The van der Waals surface area contributed by atoms with Gasteiger partial charge in [0.15, 0.2) is 11.5 Å². The molecule has 0 bridgehead atoms. The average molecular weight is 437 g/mol. The summed E-state index contributed by atoms with van der Waals surface area (Å²) in [5.41, 5.74) is 3.79. The highest BCUT2D eigenvalue weighted by atomic mass is 19.3. The van der Waals surface area contributed by atoms with Gasteiger partial charge in [-0.15, -0.1) is 0 Å². The molecule has 0 amide bonds. The summed E-state index contributed by atoms with van der Waals surface area (Å²) in [6.45, 7) is -2.94. The van der Waals surface area contributed by atoms with Gasteiger partial charge in [0, 0.05) is 5.56 Å². The molecule has 2 N–H and O–H groups in total. The van der Waals surface area contributed by atoms with Crippen molar-refractivity contribution in [3.63, 3.8) is 0 Å². The molecule has 1 aliphatic rings. The zero-order valence-electron chi connectivity index (χ0n) is 17.1. The first kappa shape index (κ1) is 20.2. The number of rotatable bonds is 8. The normalized spacial score (nSPS) is 13.6. The molecule has 0 atom stereocenters. The predicted molar refractivity (Wildman–Crippen MR) is 116 cm³/mol. The van der Waals surface area contributed by atoms with Crippen molar-refractivity contribution in [2.24, 2.45) is 0 Å². The van der Waals surface area contributed by atoms with Crippen molar-refractivity contribution in [2.75, 3.05) is 0 Å². The summed E-state index contributed by atoms with van der Waals surface area (Å²) in [7, 11) is 0. The van der Waals surface area contributed by atoms with Crippen LogP contribution in [0.2, 0.25) is 0 Å². The van der Waals surface area contributed by atoms with Crippen LogP contribution in [0.1, 0.15) is 24.0 Å². The molecule has 2 aromatic heterocycles. The van der Waals surface area contributed by atoms with Gasteiger partial charge in [0.1, 0.15) is 0 Å². The molecule has 32 heavy (non-hydrogen) atoms. The number of aromatic amines is 2. The highest BCUT2D eigenvalue weighted by Gasteiger charge is 2.26. The maximum Gasteiger partial charge on any atom is 0.387 e. The molecule has 0 saturated heterocycles. The molecule has 1 fully saturated rings. The largest absolute Gasteiger partial charge is 0.487 e. The lowest BCUT2D eigenvalue weighted by Gasteiger charge is -2.14. The molecular formula is C24H21F2N3O3. The van der Waals surface area contributed by atoms with Crippen LogP contribution < -0.4 is 15.0 Å². The van der Waals surface area contributed by atoms with Gasteiger partial charge in [-0.1, -0.05) is 30.3 Å². The fraction of sp³-hybridized carbons (Fsp3) is 0.250. The van der Waals surface area contributed by atoms with Crippen LogP contribution in [0.5, 0.6) is 11.5 Å². The van der Waals surface area contributed by atoms with E-state index in [4.69, 9.17) is 4.74 Å². The number of aryl methyl sites for hydroxylation is 2. The SMILES string of the molecule is O=c1[nH]ncc2[nH]c(-c3ccc(OC(F)F)c(OC4CC4)c3)c(CCc3ccccc3)c12. The number of H-pyrrole nitrogens is 2. The van der Waals surface area contributed by atoms with Crippen molar-refractivity contribution in [1.29, 1.82) is 0 Å². The number of ether oxygens (including phenoxy) is 2. The number of nitrogens with zero attached hydrogens (tertiary/aromatic N) is 1. The molecule has 0 aliphatic heterocycles. The van der Waals surface area contributed by atoms with Crippen molar-refractivity contribution in [1.82, 2.24) is 15.2 Å². The minimum atomic E-state index is -2.94. The molecule has 0 spiro atoms. The van der Waals surface area contributed by atoms with Crippen LogP contribution in [-0.4, -0.2) is 27.9 Å². The standard InChI is InChI=1S/C24H21F2N3O3/c25-24(26)32-19-11-7-15(12-20(19)31-16-8-9-16)22-17(10-6-14-4-2-1-3-5-14)21-18(28-22)13-27-29-23(21)30/h1-5,7,11-13,16,24,28H,6,8-10H2,(H,29,30). The van der Waals surface area contributed by atoms with Crippen molar-refractivity contribution in [3.8, 4) is 22.8 Å². The average Bonchev–Trinajstić information content (AvgIpc) is 3.52. The Kier molecular flexibility index (Phi) is 5.34. The van der Waals surface area contributed by atoms with Crippen molar-refractivity contribution < 1.29 is 18.3 Å². The van der Waals surface area contributed by atoms with E-state index in [-0.39, 0.29) is 23.2 Å². The van der Waals surface area contributed by atoms with E-state index in [0.29, 0.717) is 17.3 Å². The van der Waals surface area contributed by atoms with Gasteiger partial charge in [0.25, 0.3) is 5.56 Å². The van der Waals surface area contributed by atoms with Gasteiger partial charge < -0.3 is 14.5 Å². The summed E-state index contributed by atoms with van der Waals surface area (Å²) in [6.07, 6.45) is 4.70. The first-order chi connectivity index (χ1) is 15.6. The number of nitrogens with one attached hydrogen (secondary N) is 2. The molecule has 1 saturated carbocycles. The number of fused-ring (bicyclic) bond motifs is 1.